The second-order valence-corrected chi connectivity index (χ2v) is 0. The maximum absolute atomic E-state index is 5.25. The number of nitrogens with two attached hydrogens (primary N) is 1. The van der Waals surface area contributed by atoms with Gasteiger partial charge in [-0.3, -0.25) is 0 Å². The van der Waals surface area contributed by atoms with E-state index in [9.17, 15) is 0 Å². The third kappa shape index (κ3) is 37.3. The maximum Gasteiger partial charge on any atom is 0 e. The van der Waals surface area contributed by atoms with E-state index in [1.807, 2.05) is 0 Å². The Bertz CT molecular complexity index is 7.61. The van der Waals surface area contributed by atoms with Crippen LogP contribution in [0.2, 0.25) is 0 Å². The van der Waals surface area contributed by atoms with Gasteiger partial charge in [0.25, 0.3) is 0 Å². The number of rotatable bonds is 0. The first-order valence-electron chi connectivity index (χ1n) is 0.289. The van der Waals surface area contributed by atoms with Crippen LogP contribution in [0.1, 0.15) is 0 Å². The first-order valence-corrected chi connectivity index (χ1v) is 0.289. The maximum atomic E-state index is 5.25. The molecule has 0 amide bonds. The number of nitrogens with one attached hydrogen (secondary N) is 1. The van der Waals surface area contributed by atoms with Gasteiger partial charge in [0, 0.05) is 21.1 Å². The van der Waals surface area contributed by atoms with Crippen molar-refractivity contribution in [2.45, 2.75) is 0 Å². The minimum Gasteiger partial charge on any atom is -0.615 e. The molecule has 0 bridgehead atoms. The van der Waals surface area contributed by atoms with Crippen LogP contribution in [0.4, 0.5) is 0 Å². The summed E-state index contributed by atoms with van der Waals surface area (Å²) in [4.78, 5) is 0. The summed E-state index contributed by atoms with van der Waals surface area (Å²) in [7, 11) is 0. The van der Waals surface area contributed by atoms with Crippen molar-refractivity contribution in [3.05, 3.63) is 5.84 Å². The zero-order chi connectivity index (χ0) is 2.00. The topological polar surface area (TPSA) is 49.8 Å². The molecule has 0 radical (unpaired) electrons. The van der Waals surface area contributed by atoms with Gasteiger partial charge in [-0.2, -0.15) is 0 Å². The van der Waals surface area contributed by atoms with Crippen LogP contribution in [0.5, 0.6) is 0 Å². The van der Waals surface area contributed by atoms with Gasteiger partial charge in [0.1, 0.15) is 0 Å². The first kappa shape index (κ1) is 34.8. The standard InChI is InChI=1S/2ClH.H3N2.Pt/c;;1-2;/h2*1H;1H,2H2;/q;;-1;. The minimum atomic E-state index is 0. The molecule has 0 aliphatic heterocycles. The van der Waals surface area contributed by atoms with Crippen LogP contribution < -0.4 is 5.84 Å². The van der Waals surface area contributed by atoms with Gasteiger partial charge < -0.3 is 11.7 Å². The Balaban J connectivity index is -0.00000000167. The molecule has 0 spiro atoms. The van der Waals surface area contributed by atoms with Crippen LogP contribution in [0.15, 0.2) is 0 Å². The first-order chi connectivity index (χ1) is 1.00. The van der Waals surface area contributed by atoms with Gasteiger partial charge >= 0.3 is 0 Å². The predicted octanol–water partition coefficient (Wildman–Crippen LogP) is 0.753. The fourth-order valence-electron chi connectivity index (χ4n) is 0. The van der Waals surface area contributed by atoms with Crippen molar-refractivity contribution in [2.75, 3.05) is 0 Å². The molecule has 0 heterocycles. The molecule has 5 heavy (non-hydrogen) atoms. The Hall–Kier alpha value is 1.19. The average molecular weight is 299 g/mol. The van der Waals surface area contributed by atoms with Crippen molar-refractivity contribution in [3.63, 3.8) is 0 Å². The van der Waals surface area contributed by atoms with Gasteiger partial charge in [0.05, 0.1) is 0 Å². The molecule has 0 saturated heterocycles. The number of hydrogen-bond donors (Lipinski definition) is 1. The molecule has 0 rings (SSSR count). The summed E-state index contributed by atoms with van der Waals surface area (Å²) in [6.07, 6.45) is 0. The van der Waals surface area contributed by atoms with Gasteiger partial charge in [-0.15, -0.1) is 24.8 Å². The van der Waals surface area contributed by atoms with Crippen molar-refractivity contribution in [3.8, 4) is 0 Å². The van der Waals surface area contributed by atoms with Crippen molar-refractivity contribution in [1.29, 1.82) is 0 Å². The summed E-state index contributed by atoms with van der Waals surface area (Å²) in [5, 5.41) is 0. The van der Waals surface area contributed by atoms with Crippen LogP contribution >= 0.6 is 24.8 Å². The molecule has 0 atom stereocenters. The fourth-order valence-corrected chi connectivity index (χ4v) is 0. The van der Waals surface area contributed by atoms with E-state index >= 15 is 0 Å². The second-order valence-electron chi connectivity index (χ2n) is 0. The largest absolute Gasteiger partial charge is 0.615 e. The average Bonchev–Trinajstić information content (AvgIpc) is 1.00. The normalized spacial score (nSPS) is 1.20. The SMILES string of the molecule is Cl.Cl.[NH-]N.[Pt]. The molecule has 3 N–H and O–H groups in total. The predicted molar refractivity (Wildman–Crippen MR) is 23.0 cm³/mol. The monoisotopic (exact) mass is 298 g/mol. The molecule has 2 nitrogen and oxygen atoms in total. The van der Waals surface area contributed by atoms with Crippen LogP contribution in [-0.2, 0) is 21.1 Å². The van der Waals surface area contributed by atoms with Crippen molar-refractivity contribution < 1.29 is 21.1 Å². The van der Waals surface area contributed by atoms with E-state index < -0.39 is 0 Å². The molecule has 0 aromatic carbocycles. The zero-order valence-electron chi connectivity index (χ0n) is 2.21. The van der Waals surface area contributed by atoms with Gasteiger partial charge in [0.2, 0.25) is 0 Å². The van der Waals surface area contributed by atoms with E-state index in [-0.39, 0.29) is 45.9 Å². The Morgan fingerprint density at radius 3 is 1.00 bits per heavy atom. The second kappa shape index (κ2) is 64.5. The van der Waals surface area contributed by atoms with Gasteiger partial charge in [-0.05, 0) is 0 Å². The smallest absolute Gasteiger partial charge is 0 e. The summed E-state index contributed by atoms with van der Waals surface area (Å²) < 4.78 is 0. The quantitative estimate of drug-likeness (QED) is 0.521. The summed E-state index contributed by atoms with van der Waals surface area (Å²) in [5.74, 6) is 9.00. The Kier molecular flexibility index (Phi) is 448. The van der Waals surface area contributed by atoms with Gasteiger partial charge in [-0.25, -0.2) is 0 Å². The summed E-state index contributed by atoms with van der Waals surface area (Å²) in [5.41, 5.74) is 0. The third-order valence-corrected chi connectivity index (χ3v) is 0. The Labute approximate surface area is 57.7 Å². The fraction of sp³-hybridized carbons (Fsp3) is 0. The third-order valence-electron chi connectivity index (χ3n) is 0. The van der Waals surface area contributed by atoms with Crippen LogP contribution in [0.3, 0.4) is 0 Å². The van der Waals surface area contributed by atoms with Crippen molar-refractivity contribution in [2.24, 2.45) is 5.84 Å². The number of halogens is 2. The molecular weight excluding hydrogens is 294 g/mol. The van der Waals surface area contributed by atoms with Crippen molar-refractivity contribution in [1.82, 2.24) is 0 Å². The summed E-state index contributed by atoms with van der Waals surface area (Å²) >= 11 is 0. The molecule has 0 aromatic heterocycles. The Morgan fingerprint density at radius 1 is 1.00 bits per heavy atom. The van der Waals surface area contributed by atoms with Crippen LogP contribution in [-0.4, -0.2) is 0 Å². The molecular formula is H5Cl2N2Pt-. The zero-order valence-corrected chi connectivity index (χ0v) is 6.12. The van der Waals surface area contributed by atoms with Crippen LogP contribution in [0.25, 0.3) is 5.84 Å². The molecule has 0 unspecified atom stereocenters. The summed E-state index contributed by atoms with van der Waals surface area (Å²) in [6.45, 7) is 0. The van der Waals surface area contributed by atoms with E-state index in [1.54, 1.807) is 0 Å². The van der Waals surface area contributed by atoms with Gasteiger partial charge in [-0.1, -0.05) is 0 Å². The molecule has 0 fully saturated rings. The molecule has 0 aliphatic carbocycles. The van der Waals surface area contributed by atoms with E-state index in [1.165, 1.54) is 0 Å². The summed E-state index contributed by atoms with van der Waals surface area (Å²) in [6, 6.07) is 0. The van der Waals surface area contributed by atoms with E-state index in [4.69, 9.17) is 5.84 Å². The Morgan fingerprint density at radius 2 is 1.00 bits per heavy atom. The minimum absolute atomic E-state index is 0. The van der Waals surface area contributed by atoms with Gasteiger partial charge in [0.15, 0.2) is 0 Å². The molecule has 0 saturated carbocycles. The molecule has 40 valence electrons. The van der Waals surface area contributed by atoms with Crippen molar-refractivity contribution >= 4 is 24.8 Å². The molecule has 0 aliphatic rings. The number of hydrogen-bond acceptors (Lipinski definition) is 1. The molecule has 0 aromatic rings. The van der Waals surface area contributed by atoms with Crippen LogP contribution in [0, 0.1) is 0 Å². The molecule has 5 heteroatoms. The van der Waals surface area contributed by atoms with E-state index in [0.29, 0.717) is 0 Å². The van der Waals surface area contributed by atoms with E-state index in [0.717, 1.165) is 0 Å². The van der Waals surface area contributed by atoms with E-state index in [2.05, 4.69) is 5.84 Å².